The van der Waals surface area contributed by atoms with E-state index in [1.807, 2.05) is 12.1 Å². The van der Waals surface area contributed by atoms with Crippen LogP contribution in [0.25, 0.3) is 6.08 Å². The van der Waals surface area contributed by atoms with Crippen LogP contribution in [0, 0.1) is 5.92 Å². The van der Waals surface area contributed by atoms with Gasteiger partial charge in [0.05, 0.1) is 12.7 Å². The Kier molecular flexibility index (Phi) is 6.62. The summed E-state index contributed by atoms with van der Waals surface area (Å²) in [7, 11) is 1.40. The fraction of sp³-hybridized carbons (Fsp3) is 0.348. The quantitative estimate of drug-likeness (QED) is 0.722. The molecule has 0 aromatic heterocycles. The summed E-state index contributed by atoms with van der Waals surface area (Å²) >= 11 is 0. The molecule has 0 aliphatic carbocycles. The molecule has 0 saturated carbocycles. The van der Waals surface area contributed by atoms with E-state index < -0.39 is 0 Å². The van der Waals surface area contributed by atoms with Crippen LogP contribution in [0.2, 0.25) is 0 Å². The van der Waals surface area contributed by atoms with Crippen molar-refractivity contribution in [3.8, 4) is 0 Å². The SMILES string of the molecule is COC(=O)c1ccc(/C=C/CN2CCC(Cc3ccccc3)CC2)cc1. The van der Waals surface area contributed by atoms with Crippen molar-refractivity contribution in [3.05, 3.63) is 77.4 Å². The Morgan fingerprint density at radius 3 is 2.42 bits per heavy atom. The molecule has 0 unspecified atom stereocenters. The van der Waals surface area contributed by atoms with Crippen LogP contribution in [0.4, 0.5) is 0 Å². The molecule has 2 aromatic rings. The standard InChI is InChI=1S/C23H27NO2/c1-26-23(25)22-11-9-19(10-12-22)8-5-15-24-16-13-21(14-17-24)18-20-6-3-2-4-7-20/h2-12,21H,13-18H2,1H3/b8-5+. The average Bonchev–Trinajstić information content (AvgIpc) is 2.70. The number of carbonyl (C=O) groups is 1. The topological polar surface area (TPSA) is 29.5 Å². The number of nitrogens with zero attached hydrogens (tertiary/aromatic N) is 1. The Bertz CT molecular complexity index is 714. The maximum absolute atomic E-state index is 11.4. The summed E-state index contributed by atoms with van der Waals surface area (Å²) in [6.07, 6.45) is 8.09. The van der Waals surface area contributed by atoms with Gasteiger partial charge < -0.3 is 4.74 Å². The predicted octanol–water partition coefficient (Wildman–Crippen LogP) is 4.44. The zero-order valence-electron chi connectivity index (χ0n) is 15.4. The van der Waals surface area contributed by atoms with Gasteiger partial charge in [-0.15, -0.1) is 0 Å². The van der Waals surface area contributed by atoms with Crippen LogP contribution in [0.3, 0.4) is 0 Å². The first kappa shape index (κ1) is 18.4. The fourth-order valence-electron chi connectivity index (χ4n) is 3.51. The molecule has 136 valence electrons. The lowest BCUT2D eigenvalue weighted by Gasteiger charge is -2.31. The molecule has 3 rings (SSSR count). The van der Waals surface area contributed by atoms with Gasteiger partial charge in [-0.3, -0.25) is 4.90 Å². The third-order valence-corrected chi connectivity index (χ3v) is 5.08. The van der Waals surface area contributed by atoms with Gasteiger partial charge in [0.2, 0.25) is 0 Å². The minimum Gasteiger partial charge on any atom is -0.465 e. The molecule has 0 radical (unpaired) electrons. The Hall–Kier alpha value is -2.39. The molecule has 1 aliphatic heterocycles. The first-order chi connectivity index (χ1) is 12.7. The smallest absolute Gasteiger partial charge is 0.337 e. The zero-order valence-corrected chi connectivity index (χ0v) is 15.4. The highest BCUT2D eigenvalue weighted by molar-refractivity contribution is 5.89. The molecule has 0 spiro atoms. The lowest BCUT2D eigenvalue weighted by Crippen LogP contribution is -2.34. The summed E-state index contributed by atoms with van der Waals surface area (Å²) < 4.78 is 4.72. The van der Waals surface area contributed by atoms with Gasteiger partial charge in [-0.25, -0.2) is 4.79 Å². The van der Waals surface area contributed by atoms with E-state index in [0.717, 1.165) is 18.0 Å². The molecule has 26 heavy (non-hydrogen) atoms. The first-order valence-corrected chi connectivity index (χ1v) is 9.36. The summed E-state index contributed by atoms with van der Waals surface area (Å²) in [5.74, 6) is 0.516. The summed E-state index contributed by atoms with van der Waals surface area (Å²) in [4.78, 5) is 14.0. The van der Waals surface area contributed by atoms with E-state index in [9.17, 15) is 4.79 Å². The van der Waals surface area contributed by atoms with E-state index in [0.29, 0.717) is 5.56 Å². The van der Waals surface area contributed by atoms with Crippen molar-refractivity contribution >= 4 is 12.0 Å². The van der Waals surface area contributed by atoms with Crippen LogP contribution >= 0.6 is 0 Å². The molecule has 1 saturated heterocycles. The molecule has 3 nitrogen and oxygen atoms in total. The van der Waals surface area contributed by atoms with E-state index in [-0.39, 0.29) is 5.97 Å². The highest BCUT2D eigenvalue weighted by Crippen LogP contribution is 2.21. The minimum atomic E-state index is -0.293. The first-order valence-electron chi connectivity index (χ1n) is 9.36. The summed E-state index contributed by atoms with van der Waals surface area (Å²) in [6, 6.07) is 18.3. The molecule has 0 atom stereocenters. The van der Waals surface area contributed by atoms with Gasteiger partial charge in [0, 0.05) is 6.54 Å². The molecular formula is C23H27NO2. The van der Waals surface area contributed by atoms with E-state index in [1.54, 1.807) is 12.1 Å². The normalized spacial score (nSPS) is 16.0. The molecule has 0 N–H and O–H groups in total. The lowest BCUT2D eigenvalue weighted by atomic mass is 9.90. The van der Waals surface area contributed by atoms with Crippen LogP contribution < -0.4 is 0 Å². The van der Waals surface area contributed by atoms with Gasteiger partial charge in [0.1, 0.15) is 0 Å². The Labute approximate surface area is 156 Å². The van der Waals surface area contributed by atoms with Gasteiger partial charge >= 0.3 is 5.97 Å². The van der Waals surface area contributed by atoms with Crippen molar-refractivity contribution < 1.29 is 9.53 Å². The number of ether oxygens (including phenoxy) is 1. The molecule has 1 heterocycles. The van der Waals surface area contributed by atoms with Crippen LogP contribution in [0.15, 0.2) is 60.7 Å². The number of hydrogen-bond donors (Lipinski definition) is 0. The van der Waals surface area contributed by atoms with Gasteiger partial charge in [-0.2, -0.15) is 0 Å². The minimum absolute atomic E-state index is 0.293. The molecule has 3 heteroatoms. The van der Waals surface area contributed by atoms with Crippen molar-refractivity contribution in [1.82, 2.24) is 4.90 Å². The largest absolute Gasteiger partial charge is 0.465 e. The lowest BCUT2D eigenvalue weighted by molar-refractivity contribution is 0.0600. The van der Waals surface area contributed by atoms with E-state index in [4.69, 9.17) is 4.74 Å². The number of likely N-dealkylation sites (tertiary alicyclic amines) is 1. The number of rotatable bonds is 6. The second-order valence-electron chi connectivity index (χ2n) is 6.95. The Balaban J connectivity index is 1.42. The summed E-state index contributed by atoms with van der Waals surface area (Å²) in [5.41, 5.74) is 3.16. The third-order valence-electron chi connectivity index (χ3n) is 5.08. The second kappa shape index (κ2) is 9.35. The molecule has 1 fully saturated rings. The molecule has 0 amide bonds. The second-order valence-corrected chi connectivity index (χ2v) is 6.95. The average molecular weight is 349 g/mol. The van der Waals surface area contributed by atoms with E-state index >= 15 is 0 Å². The summed E-state index contributed by atoms with van der Waals surface area (Å²) in [5, 5.41) is 0. The molecule has 1 aliphatic rings. The third kappa shape index (κ3) is 5.30. The van der Waals surface area contributed by atoms with E-state index in [2.05, 4.69) is 47.4 Å². The Morgan fingerprint density at radius 1 is 1.08 bits per heavy atom. The monoisotopic (exact) mass is 349 g/mol. The number of benzene rings is 2. The van der Waals surface area contributed by atoms with Crippen molar-refractivity contribution in [2.75, 3.05) is 26.7 Å². The number of esters is 1. The number of methoxy groups -OCH3 is 1. The fourth-order valence-corrected chi connectivity index (χ4v) is 3.51. The predicted molar refractivity (Wildman–Crippen MR) is 106 cm³/mol. The van der Waals surface area contributed by atoms with Crippen molar-refractivity contribution in [3.63, 3.8) is 0 Å². The molecule has 0 bridgehead atoms. The van der Waals surface area contributed by atoms with Crippen molar-refractivity contribution in [1.29, 1.82) is 0 Å². The molecular weight excluding hydrogens is 322 g/mol. The number of piperidine rings is 1. The highest BCUT2D eigenvalue weighted by atomic mass is 16.5. The van der Waals surface area contributed by atoms with E-state index in [1.165, 1.54) is 45.0 Å². The maximum atomic E-state index is 11.4. The van der Waals surface area contributed by atoms with Gasteiger partial charge in [-0.1, -0.05) is 54.6 Å². The number of hydrogen-bond acceptors (Lipinski definition) is 3. The maximum Gasteiger partial charge on any atom is 0.337 e. The van der Waals surface area contributed by atoms with Crippen LogP contribution in [0.1, 0.15) is 34.3 Å². The van der Waals surface area contributed by atoms with Crippen molar-refractivity contribution in [2.45, 2.75) is 19.3 Å². The summed E-state index contributed by atoms with van der Waals surface area (Å²) in [6.45, 7) is 3.32. The zero-order chi connectivity index (χ0) is 18.2. The van der Waals surface area contributed by atoms with Crippen LogP contribution in [-0.4, -0.2) is 37.6 Å². The van der Waals surface area contributed by atoms with Gasteiger partial charge in [0.25, 0.3) is 0 Å². The molecule has 2 aromatic carbocycles. The number of carbonyl (C=O) groups excluding carboxylic acids is 1. The van der Waals surface area contributed by atoms with Crippen LogP contribution in [0.5, 0.6) is 0 Å². The Morgan fingerprint density at radius 2 is 1.77 bits per heavy atom. The highest BCUT2D eigenvalue weighted by Gasteiger charge is 2.18. The van der Waals surface area contributed by atoms with Crippen molar-refractivity contribution in [2.24, 2.45) is 5.92 Å². The van der Waals surface area contributed by atoms with Gasteiger partial charge in [0.15, 0.2) is 0 Å². The van der Waals surface area contributed by atoms with Gasteiger partial charge in [-0.05, 0) is 61.5 Å². The van der Waals surface area contributed by atoms with Crippen LogP contribution in [-0.2, 0) is 11.2 Å².